The molecule has 0 saturated carbocycles. The Morgan fingerprint density at radius 3 is 3.00 bits per heavy atom. The smallest absolute Gasteiger partial charge is 0.317 e. The number of carboxylic acids is 1. The highest BCUT2D eigenvalue weighted by molar-refractivity contribution is 7.13. The molecule has 0 aliphatic carbocycles. The van der Waals surface area contributed by atoms with Crippen LogP contribution in [0.25, 0.3) is 0 Å². The second-order valence-corrected chi connectivity index (χ2v) is 4.54. The number of rotatable bonds is 3. The van der Waals surface area contributed by atoms with Crippen LogP contribution in [0.3, 0.4) is 0 Å². The van der Waals surface area contributed by atoms with Gasteiger partial charge in [-0.25, -0.2) is 0 Å². The van der Waals surface area contributed by atoms with Crippen molar-refractivity contribution in [2.24, 2.45) is 0 Å². The van der Waals surface area contributed by atoms with E-state index in [0.717, 1.165) is 37.7 Å². The molecule has 0 bridgehead atoms. The summed E-state index contributed by atoms with van der Waals surface area (Å²) in [5, 5.41) is 17.5. The molecule has 1 aliphatic heterocycles. The summed E-state index contributed by atoms with van der Waals surface area (Å²) < 4.78 is 0. The number of carboxylic acid groups (broad SMARTS) is 1. The van der Waals surface area contributed by atoms with E-state index in [0.29, 0.717) is 0 Å². The number of aromatic nitrogens is 2. The lowest BCUT2D eigenvalue weighted by Gasteiger charge is -2.19. The van der Waals surface area contributed by atoms with Crippen LogP contribution in [0.1, 0.15) is 6.42 Å². The molecule has 1 fully saturated rings. The molecule has 7 heteroatoms. The maximum Gasteiger partial charge on any atom is 0.317 e. The number of aliphatic carboxylic acids is 1. The molecule has 0 unspecified atom stereocenters. The fraction of sp³-hybridized carbons (Fsp3) is 0.667. The second kappa shape index (κ2) is 5.22. The Labute approximate surface area is 97.5 Å². The summed E-state index contributed by atoms with van der Waals surface area (Å²) in [6, 6.07) is 0. The Bertz CT molecular complexity index is 343. The Kier molecular flexibility index (Phi) is 3.68. The molecule has 0 radical (unpaired) electrons. The summed E-state index contributed by atoms with van der Waals surface area (Å²) in [7, 11) is 0. The highest BCUT2D eigenvalue weighted by atomic mass is 32.1. The van der Waals surface area contributed by atoms with Gasteiger partial charge in [0.2, 0.25) is 5.13 Å². The first-order valence-corrected chi connectivity index (χ1v) is 6.09. The van der Waals surface area contributed by atoms with Crippen LogP contribution in [-0.4, -0.2) is 58.9 Å². The Morgan fingerprint density at radius 2 is 2.31 bits per heavy atom. The van der Waals surface area contributed by atoms with Crippen molar-refractivity contribution in [3.05, 3.63) is 5.51 Å². The van der Waals surface area contributed by atoms with E-state index in [4.69, 9.17) is 5.11 Å². The van der Waals surface area contributed by atoms with Gasteiger partial charge in [0.05, 0.1) is 6.54 Å². The van der Waals surface area contributed by atoms with Crippen LogP contribution < -0.4 is 4.90 Å². The van der Waals surface area contributed by atoms with Crippen molar-refractivity contribution in [2.75, 3.05) is 37.6 Å². The third-order valence-corrected chi connectivity index (χ3v) is 3.32. The molecule has 1 aromatic heterocycles. The maximum absolute atomic E-state index is 10.6. The van der Waals surface area contributed by atoms with Gasteiger partial charge in [0, 0.05) is 26.2 Å². The molecule has 0 spiro atoms. The molecule has 0 amide bonds. The summed E-state index contributed by atoms with van der Waals surface area (Å²) in [6.07, 6.45) is 0.965. The van der Waals surface area contributed by atoms with Gasteiger partial charge in [-0.2, -0.15) is 0 Å². The van der Waals surface area contributed by atoms with E-state index in [9.17, 15) is 4.79 Å². The maximum atomic E-state index is 10.6. The zero-order chi connectivity index (χ0) is 11.4. The van der Waals surface area contributed by atoms with E-state index in [1.807, 2.05) is 4.90 Å². The van der Waals surface area contributed by atoms with Crippen LogP contribution in [-0.2, 0) is 4.79 Å². The fourth-order valence-electron chi connectivity index (χ4n) is 1.82. The van der Waals surface area contributed by atoms with E-state index in [1.165, 1.54) is 11.3 Å². The van der Waals surface area contributed by atoms with Crippen molar-refractivity contribution in [1.82, 2.24) is 15.1 Å². The standard InChI is InChI=1S/C9H14N4O2S/c14-8(15)6-12-2-1-3-13(5-4-12)9-11-10-7-16-9/h7H,1-6H2,(H,14,15). The molecule has 1 saturated heterocycles. The predicted molar refractivity (Wildman–Crippen MR) is 60.8 cm³/mol. The third kappa shape index (κ3) is 2.89. The zero-order valence-electron chi connectivity index (χ0n) is 8.87. The quantitative estimate of drug-likeness (QED) is 0.812. The van der Waals surface area contributed by atoms with Crippen LogP contribution in [0.4, 0.5) is 5.13 Å². The van der Waals surface area contributed by atoms with Crippen LogP contribution >= 0.6 is 11.3 Å². The number of nitrogens with zero attached hydrogens (tertiary/aromatic N) is 4. The minimum absolute atomic E-state index is 0.129. The van der Waals surface area contributed by atoms with E-state index >= 15 is 0 Å². The Morgan fingerprint density at radius 1 is 1.44 bits per heavy atom. The average molecular weight is 242 g/mol. The summed E-state index contributed by atoms with van der Waals surface area (Å²) in [5.41, 5.74) is 1.72. The van der Waals surface area contributed by atoms with Gasteiger partial charge in [-0.15, -0.1) is 10.2 Å². The molecule has 6 nitrogen and oxygen atoms in total. The van der Waals surface area contributed by atoms with Crippen molar-refractivity contribution in [1.29, 1.82) is 0 Å². The van der Waals surface area contributed by atoms with Gasteiger partial charge in [-0.3, -0.25) is 9.69 Å². The van der Waals surface area contributed by atoms with Crippen molar-refractivity contribution < 1.29 is 9.90 Å². The van der Waals surface area contributed by atoms with Crippen LogP contribution in [0, 0.1) is 0 Å². The first-order valence-electron chi connectivity index (χ1n) is 5.21. The molecule has 1 aromatic rings. The van der Waals surface area contributed by atoms with Gasteiger partial charge in [0.15, 0.2) is 0 Å². The van der Waals surface area contributed by atoms with Gasteiger partial charge < -0.3 is 10.0 Å². The number of anilines is 1. The second-order valence-electron chi connectivity index (χ2n) is 3.73. The largest absolute Gasteiger partial charge is 0.480 e. The monoisotopic (exact) mass is 242 g/mol. The van der Waals surface area contributed by atoms with Crippen molar-refractivity contribution in [3.63, 3.8) is 0 Å². The summed E-state index contributed by atoms with van der Waals surface area (Å²) >= 11 is 1.52. The third-order valence-electron chi connectivity index (χ3n) is 2.57. The summed E-state index contributed by atoms with van der Waals surface area (Å²) in [6.45, 7) is 3.48. The number of carbonyl (C=O) groups is 1. The lowest BCUT2D eigenvalue weighted by atomic mass is 10.4. The highest BCUT2D eigenvalue weighted by Gasteiger charge is 2.18. The topological polar surface area (TPSA) is 69.6 Å². The molecular weight excluding hydrogens is 228 g/mol. The SMILES string of the molecule is O=C(O)CN1CCCN(c2nncs2)CC1. The minimum atomic E-state index is -0.760. The summed E-state index contributed by atoms with van der Waals surface area (Å²) in [4.78, 5) is 14.7. The van der Waals surface area contributed by atoms with Crippen LogP contribution in [0.15, 0.2) is 5.51 Å². The van der Waals surface area contributed by atoms with Gasteiger partial charge in [-0.1, -0.05) is 11.3 Å². The minimum Gasteiger partial charge on any atom is -0.480 e. The van der Waals surface area contributed by atoms with Gasteiger partial charge in [0.25, 0.3) is 0 Å². The molecule has 0 atom stereocenters. The molecule has 1 aliphatic rings. The van der Waals surface area contributed by atoms with E-state index in [1.54, 1.807) is 5.51 Å². The first kappa shape index (κ1) is 11.3. The highest BCUT2D eigenvalue weighted by Crippen LogP contribution is 2.17. The number of hydrogen-bond donors (Lipinski definition) is 1. The van der Waals surface area contributed by atoms with Crippen LogP contribution in [0.2, 0.25) is 0 Å². The van der Waals surface area contributed by atoms with Gasteiger partial charge >= 0.3 is 5.97 Å². The lowest BCUT2D eigenvalue weighted by Crippen LogP contribution is -2.34. The average Bonchev–Trinajstić information content (AvgIpc) is 2.66. The van der Waals surface area contributed by atoms with Crippen LogP contribution in [0.5, 0.6) is 0 Å². The Hall–Kier alpha value is -1.21. The van der Waals surface area contributed by atoms with E-state index in [2.05, 4.69) is 15.1 Å². The summed E-state index contributed by atoms with van der Waals surface area (Å²) in [5.74, 6) is -0.760. The van der Waals surface area contributed by atoms with Gasteiger partial charge in [0.1, 0.15) is 5.51 Å². The zero-order valence-corrected chi connectivity index (χ0v) is 9.69. The molecular formula is C9H14N4O2S. The fourth-order valence-corrected chi connectivity index (χ4v) is 2.43. The molecule has 2 rings (SSSR count). The van der Waals surface area contributed by atoms with Crippen molar-refractivity contribution in [2.45, 2.75) is 6.42 Å². The van der Waals surface area contributed by atoms with Crippen molar-refractivity contribution >= 4 is 22.4 Å². The molecule has 1 N–H and O–H groups in total. The molecule has 16 heavy (non-hydrogen) atoms. The van der Waals surface area contributed by atoms with E-state index in [-0.39, 0.29) is 6.54 Å². The van der Waals surface area contributed by atoms with Gasteiger partial charge in [-0.05, 0) is 6.42 Å². The van der Waals surface area contributed by atoms with Crippen molar-refractivity contribution in [3.8, 4) is 0 Å². The molecule has 88 valence electrons. The lowest BCUT2D eigenvalue weighted by molar-refractivity contribution is -0.138. The Balaban J connectivity index is 1.90. The number of hydrogen-bond acceptors (Lipinski definition) is 6. The predicted octanol–water partition coefficient (Wildman–Crippen LogP) is 0.135. The molecule has 0 aromatic carbocycles. The molecule has 2 heterocycles. The van der Waals surface area contributed by atoms with E-state index < -0.39 is 5.97 Å². The first-order chi connectivity index (χ1) is 7.75. The normalized spacial score (nSPS) is 18.4.